The number of aliphatic carboxylic acids is 1. The summed E-state index contributed by atoms with van der Waals surface area (Å²) in [5.74, 6) is -0.630. The third-order valence-electron chi connectivity index (χ3n) is 6.89. The number of carbonyl (C=O) groups is 1. The van der Waals surface area contributed by atoms with Crippen LogP contribution in [0, 0.1) is 0 Å². The first kappa shape index (κ1) is 15.2. The average molecular weight is 313 g/mol. The van der Waals surface area contributed by atoms with Gasteiger partial charge in [-0.1, -0.05) is 43.5 Å². The Labute approximate surface area is 138 Å². The lowest BCUT2D eigenvalue weighted by Gasteiger charge is -2.49. The molecule has 0 amide bonds. The van der Waals surface area contributed by atoms with Crippen molar-refractivity contribution < 1.29 is 9.90 Å². The van der Waals surface area contributed by atoms with Crippen molar-refractivity contribution in [1.82, 2.24) is 4.90 Å². The van der Waals surface area contributed by atoms with Crippen LogP contribution >= 0.6 is 0 Å². The second-order valence-electron chi connectivity index (χ2n) is 7.90. The number of benzene rings is 1. The second-order valence-corrected chi connectivity index (χ2v) is 7.90. The van der Waals surface area contributed by atoms with Crippen molar-refractivity contribution in [3.63, 3.8) is 0 Å². The maximum atomic E-state index is 12.0. The summed E-state index contributed by atoms with van der Waals surface area (Å²) in [6.07, 6.45) is 8.61. The van der Waals surface area contributed by atoms with Gasteiger partial charge in [0.25, 0.3) is 0 Å². The van der Waals surface area contributed by atoms with Crippen LogP contribution in [0.15, 0.2) is 24.3 Å². The van der Waals surface area contributed by atoms with Gasteiger partial charge < -0.3 is 10.0 Å². The zero-order chi connectivity index (χ0) is 15.9. The molecule has 0 aromatic heterocycles. The lowest BCUT2D eigenvalue weighted by Crippen LogP contribution is -2.50. The van der Waals surface area contributed by atoms with Crippen molar-refractivity contribution >= 4 is 5.97 Å². The highest BCUT2D eigenvalue weighted by molar-refractivity contribution is 5.81. The van der Waals surface area contributed by atoms with Crippen LogP contribution < -0.4 is 0 Å². The van der Waals surface area contributed by atoms with E-state index in [2.05, 4.69) is 29.2 Å². The fourth-order valence-electron chi connectivity index (χ4n) is 5.18. The van der Waals surface area contributed by atoms with Crippen LogP contribution in [0.5, 0.6) is 0 Å². The molecule has 1 aromatic rings. The molecule has 0 spiro atoms. The van der Waals surface area contributed by atoms with Gasteiger partial charge in [-0.3, -0.25) is 4.79 Å². The van der Waals surface area contributed by atoms with E-state index in [1.807, 2.05) is 0 Å². The van der Waals surface area contributed by atoms with E-state index < -0.39 is 11.4 Å². The molecule has 3 saturated heterocycles. The van der Waals surface area contributed by atoms with Crippen molar-refractivity contribution in [2.75, 3.05) is 19.6 Å². The minimum Gasteiger partial charge on any atom is -0.481 e. The van der Waals surface area contributed by atoms with Gasteiger partial charge in [0.05, 0.1) is 5.41 Å². The smallest absolute Gasteiger partial charge is 0.314 e. The average Bonchev–Trinajstić information content (AvgIpc) is 2.64. The molecule has 5 rings (SSSR count). The summed E-state index contributed by atoms with van der Waals surface area (Å²) in [6, 6.07) is 8.75. The predicted molar refractivity (Wildman–Crippen MR) is 90.8 cm³/mol. The summed E-state index contributed by atoms with van der Waals surface area (Å²) < 4.78 is 0. The van der Waals surface area contributed by atoms with E-state index in [-0.39, 0.29) is 0 Å². The van der Waals surface area contributed by atoms with Crippen molar-refractivity contribution in [1.29, 1.82) is 0 Å². The Kier molecular flexibility index (Phi) is 3.72. The normalized spacial score (nSPS) is 32.6. The summed E-state index contributed by atoms with van der Waals surface area (Å²) >= 11 is 0. The molecule has 3 nitrogen and oxygen atoms in total. The maximum absolute atomic E-state index is 12.0. The molecule has 4 fully saturated rings. The second kappa shape index (κ2) is 5.62. The summed E-state index contributed by atoms with van der Waals surface area (Å²) in [5.41, 5.74) is 2.19. The number of nitrogens with zero attached hydrogens (tertiary/aromatic N) is 1. The topological polar surface area (TPSA) is 40.5 Å². The zero-order valence-corrected chi connectivity index (χ0v) is 13.9. The number of piperidine rings is 3. The van der Waals surface area contributed by atoms with Crippen LogP contribution in [0.1, 0.15) is 62.5 Å². The number of fused-ring (bicyclic) bond motifs is 3. The third kappa shape index (κ3) is 2.40. The molecular formula is C20H27NO2. The van der Waals surface area contributed by atoms with Gasteiger partial charge in [0.2, 0.25) is 0 Å². The Balaban J connectivity index is 1.63. The number of carboxylic acid groups (broad SMARTS) is 1. The Hall–Kier alpha value is -1.35. The Morgan fingerprint density at radius 2 is 1.35 bits per heavy atom. The minimum absolute atomic E-state index is 0.357. The first-order valence-electron chi connectivity index (χ1n) is 9.22. The van der Waals surface area contributed by atoms with E-state index in [0.29, 0.717) is 5.41 Å². The standard InChI is InChI=1S/C20H27NO2/c22-18(23)20(8-2-1-3-9-20)17-6-4-16(5-7-17)19-10-13-21(14-11-19)15-12-19/h4-7H,1-3,8-15H2,(H,22,23). The van der Waals surface area contributed by atoms with Crippen LogP contribution in [0.2, 0.25) is 0 Å². The number of hydrogen-bond donors (Lipinski definition) is 1. The maximum Gasteiger partial charge on any atom is 0.314 e. The SMILES string of the molecule is O=C(O)C1(c2ccc(C34CCN(CC3)CC4)cc2)CCCCC1. The molecule has 0 radical (unpaired) electrons. The molecule has 3 heterocycles. The Morgan fingerprint density at radius 3 is 1.87 bits per heavy atom. The lowest BCUT2D eigenvalue weighted by molar-refractivity contribution is -0.145. The quantitative estimate of drug-likeness (QED) is 0.925. The number of rotatable bonds is 3. The third-order valence-corrected chi connectivity index (χ3v) is 6.89. The molecule has 3 aliphatic heterocycles. The highest BCUT2D eigenvalue weighted by Crippen LogP contribution is 2.44. The molecular weight excluding hydrogens is 286 g/mol. The predicted octanol–water partition coefficient (Wildman–Crippen LogP) is 3.71. The van der Waals surface area contributed by atoms with E-state index in [0.717, 1.165) is 31.2 Å². The minimum atomic E-state index is -0.635. The Bertz CT molecular complexity index is 564. The fraction of sp³-hybridized carbons (Fsp3) is 0.650. The molecule has 3 heteroatoms. The first-order chi connectivity index (χ1) is 11.1. The molecule has 4 aliphatic rings. The van der Waals surface area contributed by atoms with E-state index in [4.69, 9.17) is 0 Å². The van der Waals surface area contributed by atoms with Crippen LogP contribution in [0.4, 0.5) is 0 Å². The van der Waals surface area contributed by atoms with Crippen molar-refractivity contribution in [2.45, 2.75) is 62.2 Å². The highest BCUT2D eigenvalue weighted by Gasteiger charge is 2.43. The van der Waals surface area contributed by atoms with Gasteiger partial charge in [0.15, 0.2) is 0 Å². The molecule has 23 heavy (non-hydrogen) atoms. The molecule has 0 atom stereocenters. The zero-order valence-electron chi connectivity index (χ0n) is 13.9. The van der Waals surface area contributed by atoms with Crippen LogP contribution in [-0.2, 0) is 15.6 Å². The molecule has 1 aromatic carbocycles. The molecule has 0 unspecified atom stereocenters. The fourth-order valence-corrected chi connectivity index (χ4v) is 5.18. The Morgan fingerprint density at radius 1 is 0.826 bits per heavy atom. The highest BCUT2D eigenvalue weighted by atomic mass is 16.4. The van der Waals surface area contributed by atoms with Gasteiger partial charge >= 0.3 is 5.97 Å². The summed E-state index contributed by atoms with van der Waals surface area (Å²) in [6.45, 7) is 3.67. The van der Waals surface area contributed by atoms with E-state index in [9.17, 15) is 9.90 Å². The van der Waals surface area contributed by atoms with Gasteiger partial charge in [0.1, 0.15) is 0 Å². The summed E-state index contributed by atoms with van der Waals surface area (Å²) in [5, 5.41) is 9.86. The van der Waals surface area contributed by atoms with Gasteiger partial charge in [-0.05, 0) is 68.3 Å². The van der Waals surface area contributed by atoms with E-state index in [1.54, 1.807) is 0 Å². The van der Waals surface area contributed by atoms with Crippen molar-refractivity contribution in [3.8, 4) is 0 Å². The lowest BCUT2D eigenvalue weighted by atomic mass is 9.66. The summed E-state index contributed by atoms with van der Waals surface area (Å²) in [4.78, 5) is 14.6. The molecule has 124 valence electrons. The van der Waals surface area contributed by atoms with Crippen LogP contribution in [0.3, 0.4) is 0 Å². The van der Waals surface area contributed by atoms with Gasteiger partial charge in [-0.15, -0.1) is 0 Å². The molecule has 1 aliphatic carbocycles. The summed E-state index contributed by atoms with van der Waals surface area (Å²) in [7, 11) is 0. The molecule has 2 bridgehead atoms. The number of hydrogen-bond acceptors (Lipinski definition) is 2. The van der Waals surface area contributed by atoms with Gasteiger partial charge in [-0.25, -0.2) is 0 Å². The molecule has 1 saturated carbocycles. The number of carboxylic acids is 1. The van der Waals surface area contributed by atoms with E-state index >= 15 is 0 Å². The largest absolute Gasteiger partial charge is 0.481 e. The van der Waals surface area contributed by atoms with Gasteiger partial charge in [-0.2, -0.15) is 0 Å². The monoisotopic (exact) mass is 313 g/mol. The van der Waals surface area contributed by atoms with E-state index in [1.165, 1.54) is 50.9 Å². The molecule has 1 N–H and O–H groups in total. The van der Waals surface area contributed by atoms with Crippen molar-refractivity contribution in [2.24, 2.45) is 0 Å². The van der Waals surface area contributed by atoms with Crippen LogP contribution in [0.25, 0.3) is 0 Å². The first-order valence-corrected chi connectivity index (χ1v) is 9.22. The van der Waals surface area contributed by atoms with Crippen molar-refractivity contribution in [3.05, 3.63) is 35.4 Å². The van der Waals surface area contributed by atoms with Gasteiger partial charge in [0, 0.05) is 0 Å². The van der Waals surface area contributed by atoms with Crippen LogP contribution in [-0.4, -0.2) is 35.6 Å².